The Kier molecular flexibility index (Phi) is 7.03. The van der Waals surface area contributed by atoms with Crippen molar-refractivity contribution in [1.29, 1.82) is 0 Å². The van der Waals surface area contributed by atoms with Gasteiger partial charge in [0, 0.05) is 19.1 Å². The molecule has 134 valence electrons. The van der Waals surface area contributed by atoms with E-state index >= 15 is 0 Å². The molecule has 0 spiro atoms. The van der Waals surface area contributed by atoms with Gasteiger partial charge >= 0.3 is 13.1 Å². The van der Waals surface area contributed by atoms with Crippen LogP contribution in [0.4, 0.5) is 4.79 Å². The van der Waals surface area contributed by atoms with Gasteiger partial charge in [-0.2, -0.15) is 0 Å². The lowest BCUT2D eigenvalue weighted by atomic mass is 9.76. The van der Waals surface area contributed by atoms with Crippen molar-refractivity contribution in [2.75, 3.05) is 13.1 Å². The van der Waals surface area contributed by atoms with Gasteiger partial charge in [0.1, 0.15) is 0 Å². The van der Waals surface area contributed by atoms with Crippen LogP contribution in [0.3, 0.4) is 0 Å². The zero-order valence-corrected chi connectivity index (χ0v) is 14.1. The van der Waals surface area contributed by atoms with Gasteiger partial charge in [-0.25, -0.2) is 4.79 Å². The normalized spacial score (nSPS) is 17.7. The SMILES string of the molecule is C=CC(=O)N1CCC[C@@H]1CNC(=O)N[C@@H](Cc1ccccc1)B(O)O. The maximum Gasteiger partial charge on any atom is 0.475 e. The van der Waals surface area contributed by atoms with Crippen molar-refractivity contribution < 1.29 is 19.6 Å². The van der Waals surface area contributed by atoms with Crippen LogP contribution in [0, 0.1) is 0 Å². The lowest BCUT2D eigenvalue weighted by Crippen LogP contribution is -2.53. The van der Waals surface area contributed by atoms with Crippen LogP contribution in [-0.2, 0) is 11.2 Å². The molecule has 25 heavy (non-hydrogen) atoms. The van der Waals surface area contributed by atoms with Crippen molar-refractivity contribution in [1.82, 2.24) is 15.5 Å². The average Bonchev–Trinajstić information content (AvgIpc) is 3.08. The maximum absolute atomic E-state index is 12.1. The first-order valence-electron chi connectivity index (χ1n) is 8.38. The number of carbonyl (C=O) groups excluding carboxylic acids is 2. The van der Waals surface area contributed by atoms with Crippen LogP contribution in [0.2, 0.25) is 0 Å². The molecule has 1 aliphatic rings. The molecule has 8 heteroatoms. The quantitative estimate of drug-likeness (QED) is 0.415. The molecular formula is C17H24BN3O4. The van der Waals surface area contributed by atoms with E-state index in [2.05, 4.69) is 17.2 Å². The van der Waals surface area contributed by atoms with E-state index in [-0.39, 0.29) is 11.9 Å². The molecule has 1 aromatic carbocycles. The van der Waals surface area contributed by atoms with E-state index in [0.29, 0.717) is 19.5 Å². The molecule has 1 heterocycles. The smallest absolute Gasteiger partial charge is 0.426 e. The topological polar surface area (TPSA) is 102 Å². The minimum Gasteiger partial charge on any atom is -0.426 e. The second kappa shape index (κ2) is 9.24. The predicted molar refractivity (Wildman–Crippen MR) is 95.6 cm³/mol. The average molecular weight is 345 g/mol. The van der Waals surface area contributed by atoms with E-state index in [1.165, 1.54) is 6.08 Å². The molecular weight excluding hydrogens is 321 g/mol. The van der Waals surface area contributed by atoms with E-state index in [1.807, 2.05) is 30.3 Å². The Bertz CT molecular complexity index is 597. The van der Waals surface area contributed by atoms with Crippen molar-refractivity contribution in [3.05, 3.63) is 48.6 Å². The molecule has 0 unspecified atom stereocenters. The molecule has 0 aliphatic carbocycles. The highest BCUT2D eigenvalue weighted by Crippen LogP contribution is 2.16. The lowest BCUT2D eigenvalue weighted by Gasteiger charge is -2.24. The van der Waals surface area contributed by atoms with Crippen LogP contribution in [0.5, 0.6) is 0 Å². The van der Waals surface area contributed by atoms with Gasteiger partial charge in [0.2, 0.25) is 5.91 Å². The summed E-state index contributed by atoms with van der Waals surface area (Å²) in [5, 5.41) is 24.3. The largest absolute Gasteiger partial charge is 0.475 e. The van der Waals surface area contributed by atoms with Gasteiger partial charge in [0.05, 0.1) is 5.94 Å². The third kappa shape index (κ3) is 5.61. The minimum absolute atomic E-state index is 0.0668. The first kappa shape index (κ1) is 19.0. The Morgan fingerprint density at radius 1 is 1.36 bits per heavy atom. The van der Waals surface area contributed by atoms with E-state index in [0.717, 1.165) is 18.4 Å². The summed E-state index contributed by atoms with van der Waals surface area (Å²) in [4.78, 5) is 25.5. The van der Waals surface area contributed by atoms with Crippen molar-refractivity contribution in [3.63, 3.8) is 0 Å². The third-order valence-corrected chi connectivity index (χ3v) is 4.31. The zero-order chi connectivity index (χ0) is 18.2. The molecule has 1 aromatic rings. The Labute approximate surface area is 147 Å². The summed E-state index contributed by atoms with van der Waals surface area (Å²) in [6.45, 7) is 4.46. The van der Waals surface area contributed by atoms with E-state index in [9.17, 15) is 19.6 Å². The molecule has 4 N–H and O–H groups in total. The van der Waals surface area contributed by atoms with Crippen LogP contribution in [-0.4, -0.2) is 59.1 Å². The molecule has 2 atom stereocenters. The summed E-state index contributed by atoms with van der Waals surface area (Å²) in [6.07, 6.45) is 3.28. The second-order valence-electron chi connectivity index (χ2n) is 6.10. The van der Waals surface area contributed by atoms with Crippen molar-refractivity contribution in [3.8, 4) is 0 Å². The molecule has 0 bridgehead atoms. The van der Waals surface area contributed by atoms with Gasteiger partial charge < -0.3 is 25.6 Å². The van der Waals surface area contributed by atoms with Crippen LogP contribution >= 0.6 is 0 Å². The Hall–Kier alpha value is -2.32. The van der Waals surface area contributed by atoms with Gasteiger partial charge in [0.15, 0.2) is 0 Å². The number of nitrogens with one attached hydrogen (secondary N) is 2. The number of benzene rings is 1. The van der Waals surface area contributed by atoms with E-state index < -0.39 is 19.1 Å². The predicted octanol–water partition coefficient (Wildman–Crippen LogP) is 0.0859. The minimum atomic E-state index is -1.67. The molecule has 3 amide bonds. The molecule has 7 nitrogen and oxygen atoms in total. The van der Waals surface area contributed by atoms with Crippen LogP contribution in [0.1, 0.15) is 18.4 Å². The second-order valence-corrected chi connectivity index (χ2v) is 6.10. The van der Waals surface area contributed by atoms with Gasteiger partial charge in [-0.05, 0) is 30.9 Å². The number of likely N-dealkylation sites (tertiary alicyclic amines) is 1. The molecule has 2 rings (SSSR count). The first-order chi connectivity index (χ1) is 12.0. The van der Waals surface area contributed by atoms with Crippen LogP contribution in [0.25, 0.3) is 0 Å². The highest BCUT2D eigenvalue weighted by atomic mass is 16.4. The van der Waals surface area contributed by atoms with Gasteiger partial charge in [-0.1, -0.05) is 36.9 Å². The molecule has 0 saturated carbocycles. The number of amides is 3. The van der Waals surface area contributed by atoms with Gasteiger partial charge in [-0.15, -0.1) is 0 Å². The molecule has 0 aromatic heterocycles. The summed E-state index contributed by atoms with van der Waals surface area (Å²) < 4.78 is 0. The molecule has 0 radical (unpaired) electrons. The number of nitrogens with zero attached hydrogens (tertiary/aromatic N) is 1. The highest BCUT2D eigenvalue weighted by Gasteiger charge is 2.29. The summed E-state index contributed by atoms with van der Waals surface area (Å²) in [7, 11) is -1.67. The zero-order valence-electron chi connectivity index (χ0n) is 14.1. The summed E-state index contributed by atoms with van der Waals surface area (Å²) in [5.74, 6) is -0.964. The Morgan fingerprint density at radius 3 is 2.72 bits per heavy atom. The Morgan fingerprint density at radius 2 is 2.08 bits per heavy atom. The number of hydrogen-bond acceptors (Lipinski definition) is 4. The number of hydrogen-bond donors (Lipinski definition) is 4. The van der Waals surface area contributed by atoms with Gasteiger partial charge in [-0.3, -0.25) is 4.79 Å². The molecule has 1 aliphatic heterocycles. The fraction of sp³-hybridized carbons (Fsp3) is 0.412. The number of urea groups is 1. The summed E-state index contributed by atoms with van der Waals surface area (Å²) >= 11 is 0. The van der Waals surface area contributed by atoms with Crippen LogP contribution < -0.4 is 10.6 Å². The molecule has 1 saturated heterocycles. The van der Waals surface area contributed by atoms with Crippen LogP contribution in [0.15, 0.2) is 43.0 Å². The fourth-order valence-corrected chi connectivity index (χ4v) is 2.98. The number of carbonyl (C=O) groups is 2. The van der Waals surface area contributed by atoms with Crippen molar-refractivity contribution >= 4 is 19.1 Å². The van der Waals surface area contributed by atoms with E-state index in [1.54, 1.807) is 4.90 Å². The van der Waals surface area contributed by atoms with Crippen molar-refractivity contribution in [2.45, 2.75) is 31.2 Å². The first-order valence-corrected chi connectivity index (χ1v) is 8.38. The highest BCUT2D eigenvalue weighted by molar-refractivity contribution is 6.43. The number of rotatable bonds is 7. The monoisotopic (exact) mass is 345 g/mol. The maximum atomic E-state index is 12.1. The fourth-order valence-electron chi connectivity index (χ4n) is 2.98. The van der Waals surface area contributed by atoms with Gasteiger partial charge in [0.25, 0.3) is 0 Å². The third-order valence-electron chi connectivity index (χ3n) is 4.31. The Balaban J connectivity index is 1.84. The van der Waals surface area contributed by atoms with Crippen molar-refractivity contribution in [2.24, 2.45) is 0 Å². The van der Waals surface area contributed by atoms with E-state index in [4.69, 9.17) is 0 Å². The standard InChI is InChI=1S/C17H24BN3O4/c1-2-16(22)21-10-6-9-14(21)12-19-17(23)20-15(18(24)25)11-13-7-4-3-5-8-13/h2-5,7-8,14-15,24-25H,1,6,9-12H2,(H2,19,20,23)/t14-,15+/m1/s1. The summed E-state index contributed by atoms with van der Waals surface area (Å²) in [5.41, 5.74) is 0.888. The lowest BCUT2D eigenvalue weighted by molar-refractivity contribution is -0.126. The molecule has 1 fully saturated rings. The summed E-state index contributed by atoms with van der Waals surface area (Å²) in [6, 6.07) is 8.71.